The molecule has 2 heterocycles. The highest BCUT2D eigenvalue weighted by atomic mass is 16.5. The quantitative estimate of drug-likeness (QED) is 0.623. The van der Waals surface area contributed by atoms with E-state index in [4.69, 9.17) is 10.6 Å². The predicted octanol–water partition coefficient (Wildman–Crippen LogP) is 1.21. The minimum absolute atomic E-state index is 0.153. The summed E-state index contributed by atoms with van der Waals surface area (Å²) in [6, 6.07) is 0. The van der Waals surface area contributed by atoms with Gasteiger partial charge in [0.2, 0.25) is 0 Å². The van der Waals surface area contributed by atoms with Crippen LogP contribution in [0, 0.1) is 5.92 Å². The molecule has 2 rings (SSSR count). The van der Waals surface area contributed by atoms with Crippen LogP contribution in [-0.4, -0.2) is 25.9 Å². The molecular formula is C12H20N6O. The van der Waals surface area contributed by atoms with Gasteiger partial charge in [-0.15, -0.1) is 0 Å². The summed E-state index contributed by atoms with van der Waals surface area (Å²) < 4.78 is 7.42. The molecule has 19 heavy (non-hydrogen) atoms. The van der Waals surface area contributed by atoms with Crippen LogP contribution in [0.25, 0.3) is 11.0 Å². The van der Waals surface area contributed by atoms with Crippen molar-refractivity contribution in [1.29, 1.82) is 0 Å². The lowest BCUT2D eigenvalue weighted by molar-refractivity contribution is 0.0201. The highest BCUT2D eigenvalue weighted by Crippen LogP contribution is 2.19. The Hall–Kier alpha value is -1.73. The van der Waals surface area contributed by atoms with Crippen LogP contribution in [0.4, 0.5) is 5.82 Å². The van der Waals surface area contributed by atoms with E-state index < -0.39 is 0 Å². The first-order chi connectivity index (χ1) is 9.02. The second kappa shape index (κ2) is 5.50. The third-order valence-corrected chi connectivity index (χ3v) is 3.19. The van der Waals surface area contributed by atoms with Crippen LogP contribution >= 0.6 is 0 Å². The van der Waals surface area contributed by atoms with Crippen LogP contribution in [0.3, 0.4) is 0 Å². The molecule has 7 nitrogen and oxygen atoms in total. The number of hydrazine groups is 1. The van der Waals surface area contributed by atoms with E-state index in [0.717, 1.165) is 11.0 Å². The number of aryl methyl sites for hydroxylation is 1. The number of rotatable bonds is 5. The molecule has 2 aromatic heterocycles. The van der Waals surface area contributed by atoms with Crippen LogP contribution in [0.2, 0.25) is 0 Å². The molecule has 2 aromatic rings. The lowest BCUT2D eigenvalue weighted by Crippen LogP contribution is -2.17. The van der Waals surface area contributed by atoms with E-state index in [1.807, 2.05) is 14.0 Å². The number of nitrogens with two attached hydrogens (primary N) is 1. The minimum Gasteiger partial charge on any atom is -0.370 e. The molecule has 0 radical (unpaired) electrons. The summed E-state index contributed by atoms with van der Waals surface area (Å²) >= 11 is 0. The Morgan fingerprint density at radius 2 is 2.11 bits per heavy atom. The molecule has 0 fully saturated rings. The number of hydrogen-bond donors (Lipinski definition) is 2. The van der Waals surface area contributed by atoms with E-state index >= 15 is 0 Å². The summed E-state index contributed by atoms with van der Waals surface area (Å²) in [5.41, 5.74) is 3.31. The number of fused-ring (bicyclic) bond motifs is 1. The smallest absolute Gasteiger partial charge is 0.163 e. The van der Waals surface area contributed by atoms with E-state index in [1.165, 1.54) is 0 Å². The first-order valence-electron chi connectivity index (χ1n) is 6.29. The first-order valence-corrected chi connectivity index (χ1v) is 6.29. The normalized spacial score (nSPS) is 13.2. The van der Waals surface area contributed by atoms with E-state index in [9.17, 15) is 0 Å². The van der Waals surface area contributed by atoms with Gasteiger partial charge in [0.05, 0.1) is 17.7 Å². The molecule has 0 bridgehead atoms. The molecule has 1 atom stereocenters. The Morgan fingerprint density at radius 1 is 1.37 bits per heavy atom. The van der Waals surface area contributed by atoms with Gasteiger partial charge in [0.15, 0.2) is 17.3 Å². The van der Waals surface area contributed by atoms with Crippen molar-refractivity contribution in [2.24, 2.45) is 18.8 Å². The largest absolute Gasteiger partial charge is 0.370 e. The second-order valence-corrected chi connectivity index (χ2v) is 4.90. The van der Waals surface area contributed by atoms with E-state index in [-0.39, 0.29) is 6.10 Å². The van der Waals surface area contributed by atoms with E-state index in [1.54, 1.807) is 10.9 Å². The fourth-order valence-corrected chi connectivity index (χ4v) is 1.64. The van der Waals surface area contributed by atoms with Crippen LogP contribution < -0.4 is 11.3 Å². The Bertz CT molecular complexity index is 565. The first kappa shape index (κ1) is 13.7. The van der Waals surface area contributed by atoms with Crippen LogP contribution in [0.5, 0.6) is 0 Å². The molecule has 0 saturated carbocycles. The number of nitrogens with one attached hydrogen (secondary N) is 1. The molecule has 1 unspecified atom stereocenters. The van der Waals surface area contributed by atoms with Gasteiger partial charge in [0.1, 0.15) is 6.61 Å². The summed E-state index contributed by atoms with van der Waals surface area (Å²) in [6.07, 6.45) is 1.84. The topological polar surface area (TPSA) is 90.9 Å². The van der Waals surface area contributed by atoms with Crippen molar-refractivity contribution >= 4 is 16.9 Å². The zero-order valence-electron chi connectivity index (χ0n) is 11.7. The van der Waals surface area contributed by atoms with Gasteiger partial charge in [-0.2, -0.15) is 5.10 Å². The van der Waals surface area contributed by atoms with Gasteiger partial charge in [0.25, 0.3) is 0 Å². The number of ether oxygens (including phenoxy) is 1. The van der Waals surface area contributed by atoms with Crippen molar-refractivity contribution in [3.8, 4) is 0 Å². The standard InChI is InChI=1S/C12H20N6O/c1-7(2)8(3)19-6-10-15-11(17-13)9-5-14-18(4)12(9)16-10/h5,7-8H,6,13H2,1-4H3,(H,15,16,17). The molecule has 3 N–H and O–H groups in total. The minimum atomic E-state index is 0.153. The number of anilines is 1. The Labute approximate surface area is 112 Å². The van der Waals surface area contributed by atoms with Crippen LogP contribution in [-0.2, 0) is 18.4 Å². The van der Waals surface area contributed by atoms with Crippen LogP contribution in [0.1, 0.15) is 26.6 Å². The summed E-state index contributed by atoms with van der Waals surface area (Å²) in [5.74, 6) is 7.09. The summed E-state index contributed by atoms with van der Waals surface area (Å²) in [4.78, 5) is 8.78. The van der Waals surface area contributed by atoms with Crippen molar-refractivity contribution in [2.45, 2.75) is 33.5 Å². The van der Waals surface area contributed by atoms with Gasteiger partial charge >= 0.3 is 0 Å². The van der Waals surface area contributed by atoms with Gasteiger partial charge < -0.3 is 10.2 Å². The van der Waals surface area contributed by atoms with Crippen molar-refractivity contribution in [3.05, 3.63) is 12.0 Å². The van der Waals surface area contributed by atoms with Crippen LogP contribution in [0.15, 0.2) is 6.20 Å². The average molecular weight is 264 g/mol. The maximum absolute atomic E-state index is 5.73. The van der Waals surface area contributed by atoms with E-state index in [2.05, 4.69) is 34.3 Å². The van der Waals surface area contributed by atoms with Gasteiger partial charge in [-0.1, -0.05) is 13.8 Å². The molecule has 0 saturated heterocycles. The molecule has 0 aliphatic carbocycles. The zero-order valence-corrected chi connectivity index (χ0v) is 11.7. The Morgan fingerprint density at radius 3 is 2.74 bits per heavy atom. The predicted molar refractivity (Wildman–Crippen MR) is 73.2 cm³/mol. The van der Waals surface area contributed by atoms with Crippen molar-refractivity contribution in [2.75, 3.05) is 5.43 Å². The highest BCUT2D eigenvalue weighted by molar-refractivity contribution is 5.86. The summed E-state index contributed by atoms with van der Waals surface area (Å²) in [7, 11) is 1.83. The number of nitrogen functional groups attached to an aromatic ring is 1. The third-order valence-electron chi connectivity index (χ3n) is 3.19. The third kappa shape index (κ3) is 2.82. The zero-order chi connectivity index (χ0) is 14.0. The Balaban J connectivity index is 2.26. The maximum atomic E-state index is 5.73. The molecule has 0 aliphatic heterocycles. The molecule has 7 heteroatoms. The second-order valence-electron chi connectivity index (χ2n) is 4.90. The lowest BCUT2D eigenvalue weighted by Gasteiger charge is -2.16. The Kier molecular flexibility index (Phi) is 3.96. The SMILES string of the molecule is CC(C)C(C)OCc1nc(NN)c2cnn(C)c2n1. The maximum Gasteiger partial charge on any atom is 0.163 e. The number of aromatic nitrogens is 4. The fourth-order valence-electron chi connectivity index (χ4n) is 1.64. The van der Waals surface area contributed by atoms with Crippen molar-refractivity contribution in [1.82, 2.24) is 19.7 Å². The molecule has 0 amide bonds. The van der Waals surface area contributed by atoms with Crippen molar-refractivity contribution in [3.63, 3.8) is 0 Å². The summed E-state index contributed by atoms with van der Waals surface area (Å²) in [5, 5.41) is 4.94. The average Bonchev–Trinajstić information content (AvgIpc) is 2.77. The summed E-state index contributed by atoms with van der Waals surface area (Å²) in [6.45, 7) is 6.62. The number of nitrogens with zero attached hydrogens (tertiary/aromatic N) is 4. The molecular weight excluding hydrogens is 244 g/mol. The molecule has 0 aromatic carbocycles. The van der Waals surface area contributed by atoms with Gasteiger partial charge in [-0.25, -0.2) is 15.8 Å². The molecule has 104 valence electrons. The lowest BCUT2D eigenvalue weighted by atomic mass is 10.1. The van der Waals surface area contributed by atoms with Crippen molar-refractivity contribution < 1.29 is 4.74 Å². The van der Waals surface area contributed by atoms with Gasteiger partial charge in [0, 0.05) is 7.05 Å². The van der Waals surface area contributed by atoms with Gasteiger partial charge in [-0.05, 0) is 12.8 Å². The number of hydrogen-bond acceptors (Lipinski definition) is 6. The highest BCUT2D eigenvalue weighted by Gasteiger charge is 2.13. The monoisotopic (exact) mass is 264 g/mol. The fraction of sp³-hybridized carbons (Fsp3) is 0.583. The van der Waals surface area contributed by atoms with E-state index in [0.29, 0.717) is 24.2 Å². The molecule has 0 aliphatic rings. The molecule has 0 spiro atoms. The van der Waals surface area contributed by atoms with Gasteiger partial charge in [-0.3, -0.25) is 4.68 Å².